The monoisotopic (exact) mass is 470 g/mol. The number of halogens is 1. The second-order valence-electron chi connectivity index (χ2n) is 8.22. The molecule has 0 bridgehead atoms. The summed E-state index contributed by atoms with van der Waals surface area (Å²) in [5, 5.41) is 3.65. The highest BCUT2D eigenvalue weighted by atomic mass is 35.5. The van der Waals surface area contributed by atoms with Crippen molar-refractivity contribution in [1.29, 1.82) is 0 Å². The van der Waals surface area contributed by atoms with Crippen molar-refractivity contribution in [1.82, 2.24) is 15.1 Å². The summed E-state index contributed by atoms with van der Waals surface area (Å²) in [6.07, 6.45) is 2.53. The van der Waals surface area contributed by atoms with Crippen LogP contribution in [0.1, 0.15) is 31.7 Å². The number of carbonyl (C=O) groups is 1. The minimum atomic E-state index is 0.0272. The van der Waals surface area contributed by atoms with Gasteiger partial charge in [0.15, 0.2) is 5.75 Å². The number of nitrogens with zero attached hydrogens (tertiary/aromatic N) is 3. The molecule has 0 radical (unpaired) electrons. The Labute approximate surface area is 200 Å². The van der Waals surface area contributed by atoms with Gasteiger partial charge in [0.25, 0.3) is 0 Å². The molecule has 4 rings (SSSR count). The van der Waals surface area contributed by atoms with E-state index in [9.17, 15) is 4.79 Å². The second kappa shape index (κ2) is 11.5. The Bertz CT molecular complexity index is 989. The summed E-state index contributed by atoms with van der Waals surface area (Å²) >= 11 is 6.31. The van der Waals surface area contributed by atoms with Gasteiger partial charge in [-0.2, -0.15) is 0 Å². The van der Waals surface area contributed by atoms with Crippen LogP contribution in [0.25, 0.3) is 0 Å². The van der Waals surface area contributed by atoms with Gasteiger partial charge in [0, 0.05) is 44.2 Å². The van der Waals surface area contributed by atoms with Gasteiger partial charge in [-0.15, -0.1) is 0 Å². The third kappa shape index (κ3) is 6.25. The summed E-state index contributed by atoms with van der Waals surface area (Å²) in [6.45, 7) is 7.10. The number of benzene rings is 2. The van der Waals surface area contributed by atoms with Crippen LogP contribution in [-0.4, -0.2) is 67.6 Å². The summed E-state index contributed by atoms with van der Waals surface area (Å²) in [5.41, 5.74) is 1.69. The van der Waals surface area contributed by atoms with Gasteiger partial charge in [0.05, 0.1) is 18.8 Å². The maximum atomic E-state index is 12.1. The lowest BCUT2D eigenvalue weighted by Crippen LogP contribution is -2.51. The van der Waals surface area contributed by atoms with Gasteiger partial charge >= 0.3 is 0 Å². The summed E-state index contributed by atoms with van der Waals surface area (Å²) in [7, 11) is 0. The molecular formula is C25H31ClN4O3. The zero-order valence-electron chi connectivity index (χ0n) is 19.1. The molecule has 0 unspecified atom stereocenters. The first-order valence-corrected chi connectivity index (χ1v) is 12.0. The van der Waals surface area contributed by atoms with Crippen molar-refractivity contribution < 1.29 is 14.3 Å². The van der Waals surface area contributed by atoms with Crippen molar-refractivity contribution in [3.8, 4) is 11.5 Å². The Hall–Kier alpha value is -2.61. The first-order valence-electron chi connectivity index (χ1n) is 11.6. The van der Waals surface area contributed by atoms with Crippen LogP contribution in [0.4, 0.5) is 5.69 Å². The van der Waals surface area contributed by atoms with Crippen LogP contribution in [0, 0.1) is 0 Å². The zero-order chi connectivity index (χ0) is 23.0. The van der Waals surface area contributed by atoms with Crippen molar-refractivity contribution in [2.24, 2.45) is 4.99 Å². The molecule has 0 saturated carbocycles. The molecule has 1 N–H and O–H groups in total. The molecule has 1 saturated heterocycles. The van der Waals surface area contributed by atoms with Crippen molar-refractivity contribution in [3.05, 3.63) is 53.1 Å². The number of hydrogen-bond donors (Lipinski definition) is 1. The van der Waals surface area contributed by atoms with E-state index in [1.54, 1.807) is 0 Å². The van der Waals surface area contributed by atoms with Gasteiger partial charge in [-0.25, -0.2) is 4.99 Å². The summed E-state index contributed by atoms with van der Waals surface area (Å²) in [4.78, 5) is 21.5. The van der Waals surface area contributed by atoms with Crippen LogP contribution < -0.4 is 10.1 Å². The molecule has 2 aliphatic rings. The lowest BCUT2D eigenvalue weighted by Gasteiger charge is -2.36. The molecule has 0 aromatic heterocycles. The van der Waals surface area contributed by atoms with E-state index in [-0.39, 0.29) is 5.91 Å². The van der Waals surface area contributed by atoms with Crippen LogP contribution in [0.3, 0.4) is 0 Å². The van der Waals surface area contributed by atoms with Gasteiger partial charge < -0.3 is 19.7 Å². The quantitative estimate of drug-likeness (QED) is 0.578. The molecule has 2 heterocycles. The number of aliphatic imine (C=N–C) groups is 1. The number of amides is 1. The minimum Gasteiger partial charge on any atom is -0.454 e. The Morgan fingerprint density at radius 3 is 2.76 bits per heavy atom. The number of rotatable bonds is 8. The number of amidine groups is 1. The van der Waals surface area contributed by atoms with Crippen molar-refractivity contribution in [2.75, 3.05) is 46.1 Å². The molecule has 33 heavy (non-hydrogen) atoms. The van der Waals surface area contributed by atoms with E-state index in [1.165, 1.54) is 0 Å². The second-order valence-corrected chi connectivity index (χ2v) is 8.66. The molecule has 0 spiro atoms. The number of para-hydroxylation sites is 2. The number of unbranched alkanes of at least 4 members (excludes halogenated alkanes) is 1. The average molecular weight is 471 g/mol. The molecule has 0 aliphatic carbocycles. The highest BCUT2D eigenvalue weighted by Gasteiger charge is 2.26. The molecule has 176 valence electrons. The summed E-state index contributed by atoms with van der Waals surface area (Å²) in [6, 6.07) is 13.4. The van der Waals surface area contributed by atoms with Crippen LogP contribution in [0.2, 0.25) is 5.02 Å². The van der Waals surface area contributed by atoms with E-state index in [1.807, 2.05) is 42.5 Å². The van der Waals surface area contributed by atoms with Crippen LogP contribution in [0.15, 0.2) is 47.5 Å². The van der Waals surface area contributed by atoms with Gasteiger partial charge in [0.2, 0.25) is 5.91 Å². The van der Waals surface area contributed by atoms with E-state index in [4.69, 9.17) is 26.1 Å². The molecule has 2 aromatic rings. The number of piperazine rings is 1. The fraction of sp³-hybridized carbons (Fsp3) is 0.440. The zero-order valence-corrected chi connectivity index (χ0v) is 19.8. The van der Waals surface area contributed by atoms with E-state index in [0.29, 0.717) is 24.7 Å². The first kappa shape index (κ1) is 23.5. The molecule has 1 fully saturated rings. The lowest BCUT2D eigenvalue weighted by molar-refractivity contribution is -0.122. The average Bonchev–Trinajstić information content (AvgIpc) is 2.99. The summed E-state index contributed by atoms with van der Waals surface area (Å²) < 4.78 is 11.6. The lowest BCUT2D eigenvalue weighted by atomic mass is 10.1. The van der Waals surface area contributed by atoms with Gasteiger partial charge in [-0.05, 0) is 36.8 Å². The number of ether oxygens (including phenoxy) is 2. The van der Waals surface area contributed by atoms with Crippen molar-refractivity contribution in [3.63, 3.8) is 0 Å². The number of nitrogens with one attached hydrogen (secondary N) is 1. The van der Waals surface area contributed by atoms with Crippen molar-refractivity contribution in [2.45, 2.75) is 26.2 Å². The van der Waals surface area contributed by atoms with E-state index >= 15 is 0 Å². The largest absolute Gasteiger partial charge is 0.454 e. The molecule has 1 amide bonds. The third-order valence-electron chi connectivity index (χ3n) is 5.78. The van der Waals surface area contributed by atoms with E-state index in [2.05, 4.69) is 22.0 Å². The molecule has 2 aliphatic heterocycles. The Balaban J connectivity index is 1.35. The Kier molecular flexibility index (Phi) is 8.20. The number of hydrogen-bond acceptors (Lipinski definition) is 6. The Morgan fingerprint density at radius 2 is 1.94 bits per heavy atom. The summed E-state index contributed by atoms with van der Waals surface area (Å²) in [5.74, 6) is 2.37. The molecule has 2 aromatic carbocycles. The Morgan fingerprint density at radius 1 is 1.12 bits per heavy atom. The van der Waals surface area contributed by atoms with E-state index in [0.717, 1.165) is 74.2 Å². The smallest absolute Gasteiger partial charge is 0.223 e. The SMILES string of the molecule is CCCCOCCC(=O)NCN1CCN(C2=Nc3ccccc3Oc3ccc(Cl)cc32)CC1. The maximum Gasteiger partial charge on any atom is 0.223 e. The third-order valence-corrected chi connectivity index (χ3v) is 6.02. The standard InChI is InChI=1S/C25H31ClN4O3/c1-2-3-15-32-16-10-24(31)27-18-29-11-13-30(14-12-29)25-20-17-19(26)8-9-22(20)33-23-7-5-4-6-21(23)28-25/h4-9,17H,2-3,10-16,18H2,1H3,(H,27,31). The van der Waals surface area contributed by atoms with E-state index < -0.39 is 0 Å². The van der Waals surface area contributed by atoms with Crippen molar-refractivity contribution >= 4 is 29.0 Å². The van der Waals surface area contributed by atoms with Crippen LogP contribution >= 0.6 is 11.6 Å². The molecule has 8 heteroatoms. The minimum absolute atomic E-state index is 0.0272. The van der Waals surface area contributed by atoms with Gasteiger partial charge in [0.1, 0.15) is 17.3 Å². The number of carbonyl (C=O) groups excluding carboxylic acids is 1. The fourth-order valence-electron chi connectivity index (χ4n) is 3.86. The van der Waals surface area contributed by atoms with Crippen LogP contribution in [-0.2, 0) is 9.53 Å². The fourth-order valence-corrected chi connectivity index (χ4v) is 4.03. The molecule has 7 nitrogen and oxygen atoms in total. The molecule has 0 atom stereocenters. The highest BCUT2D eigenvalue weighted by molar-refractivity contribution is 6.31. The maximum absolute atomic E-state index is 12.1. The predicted molar refractivity (Wildman–Crippen MR) is 131 cm³/mol. The normalized spacial score (nSPS) is 15.7. The van der Waals surface area contributed by atoms with Gasteiger partial charge in [-0.1, -0.05) is 37.1 Å². The predicted octanol–water partition coefficient (Wildman–Crippen LogP) is 4.42. The van der Waals surface area contributed by atoms with Crippen LogP contribution in [0.5, 0.6) is 11.5 Å². The number of fused-ring (bicyclic) bond motifs is 2. The topological polar surface area (TPSA) is 66.4 Å². The first-order chi connectivity index (χ1) is 16.1. The molecular weight excluding hydrogens is 440 g/mol. The van der Waals surface area contributed by atoms with Gasteiger partial charge in [-0.3, -0.25) is 9.69 Å². The highest BCUT2D eigenvalue weighted by Crippen LogP contribution is 2.38.